The van der Waals surface area contributed by atoms with Gasteiger partial charge in [0.15, 0.2) is 0 Å². The highest BCUT2D eigenvalue weighted by molar-refractivity contribution is 5.86. The van der Waals surface area contributed by atoms with Crippen LogP contribution >= 0.6 is 0 Å². The van der Waals surface area contributed by atoms with Gasteiger partial charge in [-0.2, -0.15) is 0 Å². The van der Waals surface area contributed by atoms with Gasteiger partial charge in [0.05, 0.1) is 25.3 Å². The zero-order chi connectivity index (χ0) is 17.4. The summed E-state index contributed by atoms with van der Waals surface area (Å²) in [5, 5.41) is 0. The summed E-state index contributed by atoms with van der Waals surface area (Å²) in [6.07, 6.45) is 3.56. The zero-order valence-electron chi connectivity index (χ0n) is 14.0. The average molecular weight is 332 g/mol. The van der Waals surface area contributed by atoms with Crippen LogP contribution in [0.15, 0.2) is 67.1 Å². The molecule has 0 fully saturated rings. The molecule has 0 amide bonds. The topological polar surface area (TPSA) is 26.5 Å². The van der Waals surface area contributed by atoms with Crippen LogP contribution in [0.1, 0.15) is 5.56 Å². The highest BCUT2D eigenvalue weighted by Gasteiger charge is 2.16. The summed E-state index contributed by atoms with van der Waals surface area (Å²) in [7, 11) is 1.64. The van der Waals surface area contributed by atoms with Crippen molar-refractivity contribution in [2.24, 2.45) is 0 Å². The number of aromatic nitrogens is 2. The van der Waals surface area contributed by atoms with Crippen LogP contribution in [-0.2, 0) is 0 Å². The van der Waals surface area contributed by atoms with Crippen molar-refractivity contribution in [3.8, 4) is 28.1 Å². The van der Waals surface area contributed by atoms with Gasteiger partial charge in [0.25, 0.3) is 0 Å². The Bertz CT molecular complexity index is 1030. The van der Waals surface area contributed by atoms with E-state index >= 15 is 0 Å². The number of halogens is 1. The number of pyridine rings is 1. The first-order valence-corrected chi connectivity index (χ1v) is 8.03. The number of nitrogens with zero attached hydrogens (tertiary/aromatic N) is 2. The first-order valence-electron chi connectivity index (χ1n) is 8.03. The molecule has 0 atom stereocenters. The van der Waals surface area contributed by atoms with Crippen LogP contribution in [0.25, 0.3) is 27.9 Å². The Kier molecular flexibility index (Phi) is 3.73. The van der Waals surface area contributed by atoms with Crippen molar-refractivity contribution in [2.75, 3.05) is 7.11 Å². The number of methoxy groups -OCH3 is 1. The first-order chi connectivity index (χ1) is 12.2. The molecule has 4 heteroatoms. The van der Waals surface area contributed by atoms with Gasteiger partial charge in [-0.25, -0.2) is 9.37 Å². The highest BCUT2D eigenvalue weighted by atomic mass is 19.1. The van der Waals surface area contributed by atoms with Gasteiger partial charge >= 0.3 is 0 Å². The fourth-order valence-corrected chi connectivity index (χ4v) is 3.08. The smallest absolute Gasteiger partial charge is 0.145 e. The fourth-order valence-electron chi connectivity index (χ4n) is 3.08. The van der Waals surface area contributed by atoms with E-state index in [4.69, 9.17) is 4.74 Å². The summed E-state index contributed by atoms with van der Waals surface area (Å²) < 4.78 is 20.9. The van der Waals surface area contributed by atoms with Crippen molar-refractivity contribution in [3.63, 3.8) is 0 Å². The minimum absolute atomic E-state index is 0.253. The Morgan fingerprint density at radius 1 is 0.960 bits per heavy atom. The maximum Gasteiger partial charge on any atom is 0.145 e. The predicted octanol–water partition coefficient (Wildman–Crippen LogP) is 5.12. The van der Waals surface area contributed by atoms with E-state index in [1.165, 1.54) is 17.7 Å². The van der Waals surface area contributed by atoms with E-state index in [1.54, 1.807) is 31.8 Å². The molecule has 0 aliphatic carbocycles. The van der Waals surface area contributed by atoms with Crippen LogP contribution in [0.3, 0.4) is 0 Å². The first kappa shape index (κ1) is 15.4. The van der Waals surface area contributed by atoms with Crippen LogP contribution < -0.4 is 4.74 Å². The molecule has 2 aromatic heterocycles. The van der Waals surface area contributed by atoms with Gasteiger partial charge in [-0.1, -0.05) is 42.0 Å². The minimum Gasteiger partial charge on any atom is -0.494 e. The molecule has 0 N–H and O–H groups in total. The average Bonchev–Trinajstić information content (AvgIpc) is 3.11. The summed E-state index contributed by atoms with van der Waals surface area (Å²) in [4.78, 5) is 4.29. The third-order valence-corrected chi connectivity index (χ3v) is 4.36. The minimum atomic E-state index is -0.253. The number of ether oxygens (including phenoxy) is 1. The van der Waals surface area contributed by atoms with Crippen LogP contribution in [0.2, 0.25) is 0 Å². The van der Waals surface area contributed by atoms with Crippen LogP contribution in [0.4, 0.5) is 4.39 Å². The number of hydrogen-bond acceptors (Lipinski definition) is 2. The van der Waals surface area contributed by atoms with E-state index in [1.807, 2.05) is 10.5 Å². The predicted molar refractivity (Wildman–Crippen MR) is 97.3 cm³/mol. The monoisotopic (exact) mass is 332 g/mol. The summed E-state index contributed by atoms with van der Waals surface area (Å²) in [6.45, 7) is 2.06. The molecule has 4 rings (SSSR count). The van der Waals surface area contributed by atoms with E-state index < -0.39 is 0 Å². The van der Waals surface area contributed by atoms with E-state index in [9.17, 15) is 4.39 Å². The molecule has 2 heterocycles. The van der Waals surface area contributed by atoms with Crippen LogP contribution in [0, 0.1) is 12.7 Å². The lowest BCUT2D eigenvalue weighted by atomic mass is 9.98. The van der Waals surface area contributed by atoms with Crippen molar-refractivity contribution >= 4 is 5.52 Å². The summed E-state index contributed by atoms with van der Waals surface area (Å²) in [5.41, 5.74) is 6.04. The molecule has 4 aromatic rings. The van der Waals surface area contributed by atoms with Crippen LogP contribution in [-0.4, -0.2) is 16.5 Å². The van der Waals surface area contributed by atoms with Crippen molar-refractivity contribution < 1.29 is 9.13 Å². The molecule has 25 heavy (non-hydrogen) atoms. The summed E-state index contributed by atoms with van der Waals surface area (Å²) in [6, 6.07) is 16.8. The van der Waals surface area contributed by atoms with Gasteiger partial charge in [-0.15, -0.1) is 0 Å². The van der Waals surface area contributed by atoms with Gasteiger partial charge in [0.2, 0.25) is 0 Å². The molecule has 0 radical (unpaired) electrons. The van der Waals surface area contributed by atoms with Gasteiger partial charge < -0.3 is 4.74 Å². The normalized spacial score (nSPS) is 11.0. The molecule has 0 aliphatic rings. The van der Waals surface area contributed by atoms with Crippen molar-refractivity contribution in [1.29, 1.82) is 0 Å². The number of imidazole rings is 1. The molecule has 0 unspecified atom stereocenters. The van der Waals surface area contributed by atoms with E-state index in [0.717, 1.165) is 33.7 Å². The second-order valence-electron chi connectivity index (χ2n) is 6.00. The molecule has 0 saturated heterocycles. The van der Waals surface area contributed by atoms with Gasteiger partial charge in [-0.05, 0) is 36.2 Å². The lowest BCUT2D eigenvalue weighted by Gasteiger charge is -2.16. The Balaban J connectivity index is 2.07. The maximum absolute atomic E-state index is 13.4. The van der Waals surface area contributed by atoms with Crippen molar-refractivity contribution in [3.05, 3.63) is 78.5 Å². The lowest BCUT2D eigenvalue weighted by molar-refractivity contribution is 0.418. The zero-order valence-corrected chi connectivity index (χ0v) is 14.0. The second kappa shape index (κ2) is 6.06. The Morgan fingerprint density at radius 2 is 1.64 bits per heavy atom. The van der Waals surface area contributed by atoms with Gasteiger partial charge in [0.1, 0.15) is 17.1 Å². The van der Waals surface area contributed by atoms with Crippen LogP contribution in [0.5, 0.6) is 5.75 Å². The molecule has 2 aromatic carbocycles. The van der Waals surface area contributed by atoms with Gasteiger partial charge in [0, 0.05) is 5.56 Å². The number of benzene rings is 2. The van der Waals surface area contributed by atoms with Gasteiger partial charge in [-0.3, -0.25) is 4.40 Å². The standard InChI is InChI=1S/C21H17FN2O/c1-14-3-5-16(6-4-14)21-18(15-7-9-17(22)10-8-15)11-20(25-2)19-12-23-13-24(19)21/h3-13H,1-2H3. The molecular formula is C21H17FN2O. The molecule has 0 saturated carbocycles. The lowest BCUT2D eigenvalue weighted by Crippen LogP contribution is -1.98. The number of fused-ring (bicyclic) bond motifs is 1. The van der Waals surface area contributed by atoms with Crippen molar-refractivity contribution in [2.45, 2.75) is 6.92 Å². The third-order valence-electron chi connectivity index (χ3n) is 4.36. The van der Waals surface area contributed by atoms with E-state index in [0.29, 0.717) is 0 Å². The maximum atomic E-state index is 13.4. The van der Waals surface area contributed by atoms with E-state index in [2.05, 4.69) is 36.2 Å². The molecule has 0 bridgehead atoms. The van der Waals surface area contributed by atoms with Crippen molar-refractivity contribution in [1.82, 2.24) is 9.38 Å². The summed E-state index contributed by atoms with van der Waals surface area (Å²) >= 11 is 0. The fraction of sp³-hybridized carbons (Fsp3) is 0.0952. The summed E-state index contributed by atoms with van der Waals surface area (Å²) in [5.74, 6) is 0.476. The molecule has 124 valence electrons. The second-order valence-corrected chi connectivity index (χ2v) is 6.00. The number of hydrogen-bond donors (Lipinski definition) is 0. The molecular weight excluding hydrogens is 315 g/mol. The molecule has 0 spiro atoms. The Hall–Kier alpha value is -3.14. The quantitative estimate of drug-likeness (QED) is 0.520. The Morgan fingerprint density at radius 3 is 2.32 bits per heavy atom. The SMILES string of the molecule is COc1cc(-c2ccc(F)cc2)c(-c2ccc(C)cc2)n2cncc12. The third kappa shape index (κ3) is 2.66. The van der Waals surface area contributed by atoms with E-state index in [-0.39, 0.29) is 5.82 Å². The highest BCUT2D eigenvalue weighted by Crippen LogP contribution is 2.37. The molecule has 0 aliphatic heterocycles. The number of aryl methyl sites for hydroxylation is 1. The number of rotatable bonds is 3. The molecule has 3 nitrogen and oxygen atoms in total. The largest absolute Gasteiger partial charge is 0.494 e. The Labute approximate surface area is 145 Å².